The lowest BCUT2D eigenvalue weighted by Gasteiger charge is -2.37. The summed E-state index contributed by atoms with van der Waals surface area (Å²) in [6, 6.07) is 4.23. The Balaban J connectivity index is 0.000000345. The van der Waals surface area contributed by atoms with E-state index in [2.05, 4.69) is 11.5 Å². The number of aromatic nitrogens is 1. The fourth-order valence-electron chi connectivity index (χ4n) is 3.35. The summed E-state index contributed by atoms with van der Waals surface area (Å²) in [5.74, 6) is -2.62. The molecule has 3 rings (SSSR count). The van der Waals surface area contributed by atoms with Gasteiger partial charge in [0.1, 0.15) is 5.69 Å². The number of carboxylic acid groups (broad SMARTS) is 1. The summed E-state index contributed by atoms with van der Waals surface area (Å²) >= 11 is 0. The lowest BCUT2D eigenvalue weighted by molar-refractivity contribution is -0.192. The molecule has 1 aromatic rings. The number of carboxylic acids is 1. The van der Waals surface area contributed by atoms with E-state index in [1.54, 1.807) is 6.08 Å². The summed E-state index contributed by atoms with van der Waals surface area (Å²) in [6.07, 6.45) is -0.0935. The monoisotopic (exact) mass is 403 g/mol. The first kappa shape index (κ1) is 22.0. The van der Waals surface area contributed by atoms with E-state index >= 15 is 0 Å². The van der Waals surface area contributed by atoms with Gasteiger partial charge in [-0.25, -0.2) is 4.79 Å². The average Bonchev–Trinajstić information content (AvgIpc) is 3.23. The maximum Gasteiger partial charge on any atom is 0.490 e. The maximum atomic E-state index is 12.6. The number of carbonyl (C=O) groups is 2. The molecular weight excluding hydrogens is 379 g/mol. The maximum absolute atomic E-state index is 12.6. The van der Waals surface area contributed by atoms with Gasteiger partial charge in [0.05, 0.1) is 12.7 Å². The molecule has 0 aliphatic carbocycles. The van der Waals surface area contributed by atoms with Crippen LogP contribution in [0.25, 0.3) is 0 Å². The molecule has 0 unspecified atom stereocenters. The summed E-state index contributed by atoms with van der Waals surface area (Å²) in [6.45, 7) is 7.82. The largest absolute Gasteiger partial charge is 0.490 e. The lowest BCUT2D eigenvalue weighted by atomic mass is 10.1. The number of ether oxygens (including phenoxy) is 1. The van der Waals surface area contributed by atoms with Gasteiger partial charge in [-0.05, 0) is 18.6 Å². The molecule has 2 aliphatic heterocycles. The van der Waals surface area contributed by atoms with Crippen molar-refractivity contribution < 1.29 is 32.6 Å². The van der Waals surface area contributed by atoms with Crippen LogP contribution in [0.1, 0.15) is 16.9 Å². The summed E-state index contributed by atoms with van der Waals surface area (Å²) in [5, 5.41) is 7.12. The fourth-order valence-corrected chi connectivity index (χ4v) is 3.35. The molecular formula is C18H24F3N3O4. The molecule has 2 fully saturated rings. The van der Waals surface area contributed by atoms with Crippen LogP contribution in [0, 0.1) is 0 Å². The van der Waals surface area contributed by atoms with Crippen molar-refractivity contribution in [3.05, 3.63) is 36.7 Å². The number of amides is 1. The van der Waals surface area contributed by atoms with E-state index in [0.29, 0.717) is 12.6 Å². The van der Waals surface area contributed by atoms with Crippen molar-refractivity contribution in [2.75, 3.05) is 32.8 Å². The van der Waals surface area contributed by atoms with Gasteiger partial charge in [0.15, 0.2) is 0 Å². The van der Waals surface area contributed by atoms with Crippen LogP contribution in [-0.2, 0) is 16.6 Å². The number of aryl methyl sites for hydroxylation is 1. The van der Waals surface area contributed by atoms with Crippen molar-refractivity contribution in [3.63, 3.8) is 0 Å². The van der Waals surface area contributed by atoms with Gasteiger partial charge >= 0.3 is 12.1 Å². The number of halogens is 3. The standard InChI is InChI=1S/C16H23N3O2.C2HF3O2/c1-3-9-21-14-10-13-11-19(8-7-18(13)12-14)16(20)15-5-4-6-17(15)2;3-2(4,5)1(6)7/h3-6,13-14H,1,7-12H2,2H3;(H,6,7)/t13-,14+;/m0./s1. The lowest BCUT2D eigenvalue weighted by Crippen LogP contribution is -2.52. The van der Waals surface area contributed by atoms with E-state index in [1.165, 1.54) is 0 Å². The Bertz CT molecular complexity index is 704. The summed E-state index contributed by atoms with van der Waals surface area (Å²) in [7, 11) is 1.91. The zero-order valence-corrected chi connectivity index (χ0v) is 15.6. The van der Waals surface area contributed by atoms with Crippen molar-refractivity contribution in [1.82, 2.24) is 14.4 Å². The van der Waals surface area contributed by atoms with E-state index in [9.17, 15) is 18.0 Å². The number of carbonyl (C=O) groups excluding carboxylic acids is 1. The molecule has 1 N–H and O–H groups in total. The van der Waals surface area contributed by atoms with Crippen LogP contribution >= 0.6 is 0 Å². The number of hydrogen-bond acceptors (Lipinski definition) is 4. The molecule has 2 saturated heterocycles. The van der Waals surface area contributed by atoms with Gasteiger partial charge in [-0.1, -0.05) is 6.08 Å². The normalized spacial score (nSPS) is 22.2. The van der Waals surface area contributed by atoms with Gasteiger partial charge in [0.25, 0.3) is 5.91 Å². The van der Waals surface area contributed by atoms with Crippen LogP contribution in [0.4, 0.5) is 13.2 Å². The van der Waals surface area contributed by atoms with Crippen molar-refractivity contribution in [2.45, 2.75) is 24.7 Å². The highest BCUT2D eigenvalue weighted by Crippen LogP contribution is 2.25. The molecule has 1 aromatic heterocycles. The third-order valence-corrected chi connectivity index (χ3v) is 4.72. The number of alkyl halides is 3. The third kappa shape index (κ3) is 5.59. The van der Waals surface area contributed by atoms with Crippen molar-refractivity contribution in [1.29, 1.82) is 0 Å². The fraction of sp³-hybridized carbons (Fsp3) is 0.556. The van der Waals surface area contributed by atoms with Gasteiger partial charge in [0.2, 0.25) is 0 Å². The molecule has 0 spiro atoms. The molecule has 1 amide bonds. The van der Waals surface area contributed by atoms with Crippen LogP contribution in [-0.4, -0.2) is 82.5 Å². The van der Waals surface area contributed by atoms with Gasteiger partial charge in [0, 0.05) is 45.5 Å². The third-order valence-electron chi connectivity index (χ3n) is 4.72. The summed E-state index contributed by atoms with van der Waals surface area (Å²) in [4.78, 5) is 25.9. The molecule has 2 aliphatic rings. The molecule has 28 heavy (non-hydrogen) atoms. The Morgan fingerprint density at radius 3 is 2.57 bits per heavy atom. The van der Waals surface area contributed by atoms with Gasteiger partial charge in [-0.2, -0.15) is 13.2 Å². The Kier molecular flexibility index (Phi) is 7.25. The first-order valence-corrected chi connectivity index (χ1v) is 8.80. The Labute approximate surface area is 161 Å². The molecule has 3 heterocycles. The summed E-state index contributed by atoms with van der Waals surface area (Å²) < 4.78 is 39.4. The second-order valence-electron chi connectivity index (χ2n) is 6.69. The predicted octanol–water partition coefficient (Wildman–Crippen LogP) is 1.76. The minimum Gasteiger partial charge on any atom is -0.475 e. The predicted molar refractivity (Wildman–Crippen MR) is 94.9 cm³/mol. The van der Waals surface area contributed by atoms with Crippen LogP contribution in [0.15, 0.2) is 31.0 Å². The molecule has 2 atom stereocenters. The number of nitrogens with zero attached hydrogens (tertiary/aromatic N) is 3. The van der Waals surface area contributed by atoms with E-state index in [0.717, 1.165) is 38.3 Å². The topological polar surface area (TPSA) is 75.0 Å². The molecule has 0 saturated carbocycles. The van der Waals surface area contributed by atoms with E-state index < -0.39 is 12.1 Å². The van der Waals surface area contributed by atoms with Crippen molar-refractivity contribution in [2.24, 2.45) is 7.05 Å². The van der Waals surface area contributed by atoms with Crippen LogP contribution in [0.2, 0.25) is 0 Å². The second kappa shape index (κ2) is 9.24. The highest BCUT2D eigenvalue weighted by Gasteiger charge is 2.39. The smallest absolute Gasteiger partial charge is 0.475 e. The zero-order chi connectivity index (χ0) is 20.9. The molecule has 10 heteroatoms. The van der Waals surface area contributed by atoms with Crippen LogP contribution < -0.4 is 0 Å². The quantitative estimate of drug-likeness (QED) is 0.776. The minimum atomic E-state index is -5.08. The van der Waals surface area contributed by atoms with Gasteiger partial charge < -0.3 is 19.3 Å². The number of piperazine rings is 1. The van der Waals surface area contributed by atoms with Crippen LogP contribution in [0.3, 0.4) is 0 Å². The van der Waals surface area contributed by atoms with Crippen LogP contribution in [0.5, 0.6) is 0 Å². The van der Waals surface area contributed by atoms with E-state index in [4.69, 9.17) is 14.6 Å². The number of aliphatic carboxylic acids is 1. The van der Waals surface area contributed by atoms with Crippen molar-refractivity contribution >= 4 is 11.9 Å². The highest BCUT2D eigenvalue weighted by molar-refractivity contribution is 5.92. The Morgan fingerprint density at radius 1 is 1.36 bits per heavy atom. The van der Waals surface area contributed by atoms with E-state index in [-0.39, 0.29) is 12.0 Å². The second-order valence-corrected chi connectivity index (χ2v) is 6.69. The number of rotatable bonds is 4. The number of hydrogen-bond donors (Lipinski definition) is 1. The van der Waals surface area contributed by atoms with Gasteiger partial charge in [-0.15, -0.1) is 6.58 Å². The molecule has 0 aromatic carbocycles. The SMILES string of the molecule is C=CCO[C@@H]1C[C@H]2CN(C(=O)c3cccn3C)CCN2C1.O=C(O)C(F)(F)F. The average molecular weight is 403 g/mol. The number of fused-ring (bicyclic) bond motifs is 1. The van der Waals surface area contributed by atoms with Crippen molar-refractivity contribution in [3.8, 4) is 0 Å². The Hall–Kier alpha value is -2.33. The molecule has 0 radical (unpaired) electrons. The highest BCUT2D eigenvalue weighted by atomic mass is 19.4. The van der Waals surface area contributed by atoms with Gasteiger partial charge in [-0.3, -0.25) is 9.69 Å². The first-order valence-electron chi connectivity index (χ1n) is 8.80. The Morgan fingerprint density at radius 2 is 2.04 bits per heavy atom. The zero-order valence-electron chi connectivity index (χ0n) is 15.6. The first-order chi connectivity index (χ1) is 13.1. The summed E-state index contributed by atoms with van der Waals surface area (Å²) in [5.41, 5.74) is 0.765. The van der Waals surface area contributed by atoms with E-state index in [1.807, 2.05) is 34.8 Å². The molecule has 7 nitrogen and oxygen atoms in total. The minimum absolute atomic E-state index is 0.137. The molecule has 0 bridgehead atoms. The molecule has 156 valence electrons.